The lowest BCUT2D eigenvalue weighted by molar-refractivity contribution is -0.158. The summed E-state index contributed by atoms with van der Waals surface area (Å²) in [4.78, 5) is 27.1. The number of fused-ring (bicyclic) bond motifs is 1. The maximum Gasteiger partial charge on any atom is 0.274 e. The maximum absolute atomic E-state index is 13.6. The van der Waals surface area contributed by atoms with Crippen molar-refractivity contribution >= 4 is 11.8 Å². The van der Waals surface area contributed by atoms with Crippen LogP contribution >= 0.6 is 0 Å². The quantitative estimate of drug-likeness (QED) is 0.534. The first-order valence-electron chi connectivity index (χ1n) is 10.3. The van der Waals surface area contributed by atoms with Crippen molar-refractivity contribution in [3.8, 4) is 5.75 Å². The van der Waals surface area contributed by atoms with Crippen LogP contribution in [-0.2, 0) is 11.3 Å². The van der Waals surface area contributed by atoms with Gasteiger partial charge in [0.15, 0.2) is 0 Å². The summed E-state index contributed by atoms with van der Waals surface area (Å²) in [5.74, 6) is -0.414. The van der Waals surface area contributed by atoms with Gasteiger partial charge in [-0.25, -0.2) is 5.48 Å². The highest BCUT2D eigenvalue weighted by Crippen LogP contribution is 2.37. The SMILES string of the molecule is O=C(NO)c1ccc2c(c1)OC[C@H](c1ccccc1)N(C(=O)C1(O)CCCCC1)C2. The molecule has 0 aromatic heterocycles. The average Bonchev–Trinajstić information content (AvgIpc) is 2.98. The van der Waals surface area contributed by atoms with Crippen LogP contribution in [0.1, 0.15) is 59.6 Å². The van der Waals surface area contributed by atoms with Crippen LogP contribution in [0, 0.1) is 0 Å². The number of hydrogen-bond donors (Lipinski definition) is 3. The summed E-state index contributed by atoms with van der Waals surface area (Å²) < 4.78 is 6.01. The van der Waals surface area contributed by atoms with Crippen LogP contribution < -0.4 is 10.2 Å². The Morgan fingerprint density at radius 1 is 1.07 bits per heavy atom. The molecule has 2 aromatic carbocycles. The molecule has 158 valence electrons. The van der Waals surface area contributed by atoms with E-state index in [1.54, 1.807) is 28.6 Å². The van der Waals surface area contributed by atoms with Crippen molar-refractivity contribution in [1.82, 2.24) is 10.4 Å². The molecular weight excluding hydrogens is 384 g/mol. The monoisotopic (exact) mass is 410 g/mol. The van der Waals surface area contributed by atoms with E-state index in [0.717, 1.165) is 30.4 Å². The molecule has 0 radical (unpaired) electrons. The van der Waals surface area contributed by atoms with Crippen LogP contribution in [0.5, 0.6) is 5.75 Å². The van der Waals surface area contributed by atoms with Gasteiger partial charge in [0.05, 0.1) is 12.6 Å². The van der Waals surface area contributed by atoms with Gasteiger partial charge in [0.2, 0.25) is 0 Å². The third kappa shape index (κ3) is 3.91. The van der Waals surface area contributed by atoms with Crippen LogP contribution in [0.2, 0.25) is 0 Å². The number of carbonyl (C=O) groups excluding carboxylic acids is 2. The third-order valence-corrected chi connectivity index (χ3v) is 6.07. The van der Waals surface area contributed by atoms with Gasteiger partial charge in [0.25, 0.3) is 11.8 Å². The fraction of sp³-hybridized carbons (Fsp3) is 0.391. The second-order valence-electron chi connectivity index (χ2n) is 8.03. The molecule has 4 rings (SSSR count). The van der Waals surface area contributed by atoms with Crippen molar-refractivity contribution < 1.29 is 24.6 Å². The van der Waals surface area contributed by atoms with Crippen LogP contribution in [0.15, 0.2) is 48.5 Å². The zero-order valence-corrected chi connectivity index (χ0v) is 16.7. The van der Waals surface area contributed by atoms with Crippen LogP contribution in [0.4, 0.5) is 0 Å². The van der Waals surface area contributed by atoms with Crippen molar-refractivity contribution in [2.75, 3.05) is 6.61 Å². The molecule has 1 aliphatic heterocycles. The van der Waals surface area contributed by atoms with Gasteiger partial charge in [0.1, 0.15) is 18.0 Å². The number of hydroxylamine groups is 1. The normalized spacial score (nSPS) is 20.5. The predicted octanol–water partition coefficient (Wildman–Crippen LogP) is 2.96. The summed E-state index contributed by atoms with van der Waals surface area (Å²) in [6.45, 7) is 0.458. The number of ether oxygens (including phenoxy) is 1. The molecule has 0 saturated heterocycles. The highest BCUT2D eigenvalue weighted by molar-refractivity contribution is 5.94. The Hall–Kier alpha value is -2.90. The number of nitrogens with zero attached hydrogens (tertiary/aromatic N) is 1. The fourth-order valence-corrected chi connectivity index (χ4v) is 4.36. The van der Waals surface area contributed by atoms with Crippen molar-refractivity contribution in [3.05, 3.63) is 65.2 Å². The largest absolute Gasteiger partial charge is 0.491 e. The molecule has 2 aliphatic rings. The minimum Gasteiger partial charge on any atom is -0.491 e. The first-order chi connectivity index (χ1) is 14.5. The Balaban J connectivity index is 1.71. The number of carbonyl (C=O) groups is 2. The summed E-state index contributed by atoms with van der Waals surface area (Å²) in [5.41, 5.74) is 2.20. The van der Waals surface area contributed by atoms with Gasteiger partial charge in [-0.15, -0.1) is 0 Å². The number of nitrogens with one attached hydrogen (secondary N) is 1. The molecule has 1 saturated carbocycles. The summed E-state index contributed by atoms with van der Waals surface area (Å²) >= 11 is 0. The van der Waals surface area contributed by atoms with E-state index in [1.807, 2.05) is 30.3 Å². The van der Waals surface area contributed by atoms with E-state index in [9.17, 15) is 14.7 Å². The minimum atomic E-state index is -1.35. The molecule has 0 spiro atoms. The number of hydrogen-bond acceptors (Lipinski definition) is 5. The second kappa shape index (κ2) is 8.45. The Bertz CT molecular complexity index is 924. The summed E-state index contributed by atoms with van der Waals surface area (Å²) in [5, 5.41) is 20.0. The number of benzene rings is 2. The Morgan fingerprint density at radius 2 is 1.80 bits per heavy atom. The zero-order chi connectivity index (χ0) is 21.1. The Morgan fingerprint density at radius 3 is 2.50 bits per heavy atom. The molecule has 1 fully saturated rings. The zero-order valence-electron chi connectivity index (χ0n) is 16.7. The predicted molar refractivity (Wildman–Crippen MR) is 109 cm³/mol. The van der Waals surface area contributed by atoms with E-state index in [4.69, 9.17) is 9.94 Å². The highest BCUT2D eigenvalue weighted by Gasteiger charge is 2.43. The molecule has 0 unspecified atom stereocenters. The van der Waals surface area contributed by atoms with Gasteiger partial charge >= 0.3 is 0 Å². The van der Waals surface area contributed by atoms with Gasteiger partial charge < -0.3 is 14.7 Å². The van der Waals surface area contributed by atoms with E-state index in [-0.39, 0.29) is 30.7 Å². The number of aliphatic hydroxyl groups is 1. The van der Waals surface area contributed by atoms with Gasteiger partial charge in [-0.2, -0.15) is 0 Å². The Labute approximate surface area is 175 Å². The second-order valence-corrected chi connectivity index (χ2v) is 8.03. The highest BCUT2D eigenvalue weighted by atomic mass is 16.5. The van der Waals surface area contributed by atoms with Crippen molar-refractivity contribution in [2.45, 2.75) is 50.3 Å². The molecule has 0 bridgehead atoms. The van der Waals surface area contributed by atoms with Gasteiger partial charge in [0, 0.05) is 11.1 Å². The number of rotatable bonds is 3. The first kappa shape index (κ1) is 20.4. The lowest BCUT2D eigenvalue weighted by atomic mass is 9.83. The van der Waals surface area contributed by atoms with Crippen molar-refractivity contribution in [2.24, 2.45) is 0 Å². The average molecular weight is 410 g/mol. The van der Waals surface area contributed by atoms with Crippen LogP contribution in [0.3, 0.4) is 0 Å². The molecular formula is C23H26N2O5. The molecule has 1 heterocycles. The van der Waals surface area contributed by atoms with Gasteiger partial charge in [-0.05, 0) is 30.5 Å². The smallest absolute Gasteiger partial charge is 0.274 e. The minimum absolute atomic E-state index is 0.197. The van der Waals surface area contributed by atoms with E-state index in [2.05, 4.69) is 0 Å². The first-order valence-corrected chi connectivity index (χ1v) is 10.3. The third-order valence-electron chi connectivity index (χ3n) is 6.07. The van der Waals surface area contributed by atoms with Gasteiger partial charge in [-0.1, -0.05) is 55.7 Å². The molecule has 1 atom stereocenters. The fourth-order valence-electron chi connectivity index (χ4n) is 4.36. The molecule has 3 N–H and O–H groups in total. The van der Waals surface area contributed by atoms with E-state index < -0.39 is 11.5 Å². The standard InChI is InChI=1S/C23H26N2O5/c26-21(24-29)17-9-10-18-14-25(22(27)23(28)11-5-2-6-12-23)19(15-30-20(18)13-17)16-7-3-1-4-8-16/h1,3-4,7-10,13,19,28-29H,2,5-6,11-12,14-15H2,(H,24,26)/t19-/m1/s1. The van der Waals surface area contributed by atoms with Crippen molar-refractivity contribution in [3.63, 3.8) is 0 Å². The maximum atomic E-state index is 13.6. The molecule has 2 aromatic rings. The lowest BCUT2D eigenvalue weighted by Crippen LogP contribution is -2.51. The summed E-state index contributed by atoms with van der Waals surface area (Å²) in [6.07, 6.45) is 3.62. The van der Waals surface area contributed by atoms with E-state index >= 15 is 0 Å². The Kier molecular flexibility index (Phi) is 5.74. The topological polar surface area (TPSA) is 99.1 Å². The lowest BCUT2D eigenvalue weighted by Gasteiger charge is -2.38. The van der Waals surface area contributed by atoms with Crippen LogP contribution in [-0.4, -0.2) is 39.2 Å². The van der Waals surface area contributed by atoms with E-state index in [0.29, 0.717) is 18.6 Å². The summed E-state index contributed by atoms with van der Waals surface area (Å²) in [6, 6.07) is 14.1. The molecule has 1 aliphatic carbocycles. The molecule has 2 amide bonds. The van der Waals surface area contributed by atoms with Crippen molar-refractivity contribution in [1.29, 1.82) is 0 Å². The molecule has 30 heavy (non-hydrogen) atoms. The van der Waals surface area contributed by atoms with E-state index in [1.165, 1.54) is 0 Å². The van der Waals surface area contributed by atoms with Gasteiger partial charge in [-0.3, -0.25) is 14.8 Å². The molecule has 7 heteroatoms. The summed E-state index contributed by atoms with van der Waals surface area (Å²) in [7, 11) is 0. The molecule has 7 nitrogen and oxygen atoms in total. The van der Waals surface area contributed by atoms with Crippen LogP contribution in [0.25, 0.3) is 0 Å². The number of amides is 2.